The van der Waals surface area contributed by atoms with Gasteiger partial charge in [0.25, 0.3) is 0 Å². The van der Waals surface area contributed by atoms with E-state index in [9.17, 15) is 19.2 Å². The van der Waals surface area contributed by atoms with Crippen LogP contribution in [0.4, 0.5) is 0 Å². The van der Waals surface area contributed by atoms with Gasteiger partial charge >= 0.3 is 0 Å². The normalized spacial score (nSPS) is 11.2. The number of carbonyl (C=O) groups excluding carboxylic acids is 4. The van der Waals surface area contributed by atoms with E-state index in [-0.39, 0.29) is 23.1 Å². The minimum atomic E-state index is -0.392. The molecule has 6 heteroatoms. The summed E-state index contributed by atoms with van der Waals surface area (Å²) in [6, 6.07) is 7.76. The van der Waals surface area contributed by atoms with E-state index < -0.39 is 11.8 Å². The van der Waals surface area contributed by atoms with E-state index in [1.54, 1.807) is 0 Å². The van der Waals surface area contributed by atoms with Crippen LogP contribution >= 0.6 is 0 Å². The number of ketones is 4. The van der Waals surface area contributed by atoms with Crippen LogP contribution in [0.5, 0.6) is 11.5 Å². The minimum absolute atomic E-state index is 0.0847. The van der Waals surface area contributed by atoms with Gasteiger partial charge in [0.2, 0.25) is 0 Å². The molecule has 0 spiro atoms. The Hall–Kier alpha value is -2.50. The molecule has 0 heterocycles. The first-order valence-corrected chi connectivity index (χ1v) is 15.8. The van der Waals surface area contributed by atoms with E-state index in [0.29, 0.717) is 51.7 Å². The van der Waals surface area contributed by atoms with Crippen LogP contribution in [0.25, 0.3) is 0 Å². The minimum Gasteiger partial charge on any atom is -0.494 e. The number of benzene rings is 1. The molecule has 0 saturated heterocycles. The van der Waals surface area contributed by atoms with Gasteiger partial charge in [-0.15, -0.1) is 0 Å². The summed E-state index contributed by atoms with van der Waals surface area (Å²) in [7, 11) is 0. The number of rotatable bonds is 26. The molecule has 1 rings (SSSR count). The molecule has 0 atom stereocenters. The van der Waals surface area contributed by atoms with Gasteiger partial charge in [-0.1, -0.05) is 79.1 Å². The van der Waals surface area contributed by atoms with Crippen molar-refractivity contribution >= 4 is 23.1 Å². The number of unbranched alkanes of at least 4 members (excludes halogenated alkanes) is 8. The molecule has 6 nitrogen and oxygen atoms in total. The van der Waals surface area contributed by atoms with E-state index >= 15 is 0 Å². The SMILES string of the molecule is CCC(=O)C(CCCCCCCOc1ccc(OCCCCCCCC(C(=O)CC)C(=O)CC)cc1)C(=O)CC. The Kier molecular flexibility index (Phi) is 19.7. The molecule has 0 aliphatic heterocycles. The third-order valence-corrected chi connectivity index (χ3v) is 7.58. The van der Waals surface area contributed by atoms with Crippen LogP contribution in [0.2, 0.25) is 0 Å². The summed E-state index contributed by atoms with van der Waals surface area (Å²) in [6.07, 6.45) is 13.3. The van der Waals surface area contributed by atoms with E-state index in [0.717, 1.165) is 75.7 Å². The van der Waals surface area contributed by atoms with Gasteiger partial charge < -0.3 is 9.47 Å². The van der Waals surface area contributed by atoms with Gasteiger partial charge in [-0.25, -0.2) is 0 Å². The maximum atomic E-state index is 12.0. The monoisotopic (exact) mass is 558 g/mol. The molecule has 1 aromatic rings. The molecule has 0 aromatic heterocycles. The number of carbonyl (C=O) groups is 4. The lowest BCUT2D eigenvalue weighted by atomic mass is 9.90. The molecule has 0 N–H and O–H groups in total. The Morgan fingerprint density at radius 3 is 1.05 bits per heavy atom. The molecule has 1 aromatic carbocycles. The number of hydrogen-bond acceptors (Lipinski definition) is 6. The summed E-state index contributed by atoms with van der Waals surface area (Å²) in [5.74, 6) is 1.24. The van der Waals surface area contributed by atoms with Crippen molar-refractivity contribution in [2.45, 2.75) is 130 Å². The smallest absolute Gasteiger partial charge is 0.143 e. The zero-order valence-electron chi connectivity index (χ0n) is 25.6. The lowest BCUT2D eigenvalue weighted by molar-refractivity contribution is -0.134. The van der Waals surface area contributed by atoms with E-state index in [1.807, 2.05) is 52.0 Å². The molecule has 0 aliphatic carbocycles. The van der Waals surface area contributed by atoms with Crippen molar-refractivity contribution in [1.82, 2.24) is 0 Å². The van der Waals surface area contributed by atoms with Gasteiger partial charge in [-0.05, 0) is 49.9 Å². The average molecular weight is 559 g/mol. The lowest BCUT2D eigenvalue weighted by Crippen LogP contribution is -2.22. The second-order valence-corrected chi connectivity index (χ2v) is 10.7. The fourth-order valence-electron chi connectivity index (χ4n) is 4.96. The largest absolute Gasteiger partial charge is 0.494 e. The van der Waals surface area contributed by atoms with Crippen LogP contribution < -0.4 is 9.47 Å². The summed E-state index contributed by atoms with van der Waals surface area (Å²) in [5.41, 5.74) is 0. The molecule has 40 heavy (non-hydrogen) atoms. The fraction of sp³-hybridized carbons (Fsp3) is 0.706. The first kappa shape index (κ1) is 35.5. The Bertz CT molecular complexity index is 757. The van der Waals surface area contributed by atoms with Gasteiger partial charge in [0, 0.05) is 25.7 Å². The Balaban J connectivity index is 2.09. The molecule has 0 saturated carbocycles. The zero-order chi connectivity index (χ0) is 29.6. The summed E-state index contributed by atoms with van der Waals surface area (Å²) < 4.78 is 11.7. The number of hydrogen-bond donors (Lipinski definition) is 0. The van der Waals surface area contributed by atoms with Crippen molar-refractivity contribution in [2.24, 2.45) is 11.8 Å². The van der Waals surface area contributed by atoms with Crippen LogP contribution in [0.15, 0.2) is 24.3 Å². The van der Waals surface area contributed by atoms with Crippen molar-refractivity contribution in [2.75, 3.05) is 13.2 Å². The zero-order valence-corrected chi connectivity index (χ0v) is 25.6. The topological polar surface area (TPSA) is 86.7 Å². The predicted octanol–water partition coefficient (Wildman–Crippen LogP) is 8.27. The summed E-state index contributed by atoms with van der Waals surface area (Å²) in [4.78, 5) is 47.9. The molecule has 0 bridgehead atoms. The van der Waals surface area contributed by atoms with Crippen LogP contribution in [0, 0.1) is 11.8 Å². The van der Waals surface area contributed by atoms with Crippen molar-refractivity contribution in [3.8, 4) is 11.5 Å². The highest BCUT2D eigenvalue weighted by atomic mass is 16.5. The average Bonchev–Trinajstić information content (AvgIpc) is 2.98. The van der Waals surface area contributed by atoms with Gasteiger partial charge in [-0.3, -0.25) is 19.2 Å². The summed E-state index contributed by atoms with van der Waals surface area (Å²) in [6.45, 7) is 8.67. The Morgan fingerprint density at radius 1 is 0.475 bits per heavy atom. The standard InChI is InChI=1S/C34H54O6/c1-5-31(35)29(32(36)6-2)19-15-11-9-13-17-25-39-27-21-23-28(24-22-27)40-26-18-14-10-12-16-20-30(33(37)7-3)34(38)8-4/h21-24,29-30H,5-20,25-26H2,1-4H3. The van der Waals surface area contributed by atoms with Gasteiger partial charge in [0.1, 0.15) is 34.6 Å². The molecule has 0 aliphatic rings. The van der Waals surface area contributed by atoms with Gasteiger partial charge in [0.05, 0.1) is 25.0 Å². The second-order valence-electron chi connectivity index (χ2n) is 10.7. The van der Waals surface area contributed by atoms with Crippen LogP contribution in [0.1, 0.15) is 130 Å². The molecular formula is C34H54O6. The highest BCUT2D eigenvalue weighted by Crippen LogP contribution is 2.20. The highest BCUT2D eigenvalue weighted by Gasteiger charge is 2.23. The first-order valence-electron chi connectivity index (χ1n) is 15.8. The first-order chi connectivity index (χ1) is 19.4. The van der Waals surface area contributed by atoms with Gasteiger partial charge in [-0.2, -0.15) is 0 Å². The Labute approximate surface area is 243 Å². The van der Waals surface area contributed by atoms with Crippen molar-refractivity contribution in [1.29, 1.82) is 0 Å². The number of Topliss-reactive ketones (excluding diaryl/α,β-unsaturated/α-hetero) is 4. The quantitative estimate of drug-likeness (QED) is 0.0840. The van der Waals surface area contributed by atoms with Crippen molar-refractivity contribution in [3.63, 3.8) is 0 Å². The molecule has 0 unspecified atom stereocenters. The van der Waals surface area contributed by atoms with Gasteiger partial charge in [0.15, 0.2) is 0 Å². The van der Waals surface area contributed by atoms with Crippen molar-refractivity contribution < 1.29 is 28.7 Å². The van der Waals surface area contributed by atoms with Crippen molar-refractivity contribution in [3.05, 3.63) is 24.3 Å². The number of ether oxygens (including phenoxy) is 2. The second kappa shape index (κ2) is 22.2. The summed E-state index contributed by atoms with van der Waals surface area (Å²) >= 11 is 0. The highest BCUT2D eigenvalue weighted by molar-refractivity contribution is 6.02. The maximum absolute atomic E-state index is 12.0. The third-order valence-electron chi connectivity index (χ3n) is 7.58. The predicted molar refractivity (Wildman–Crippen MR) is 161 cm³/mol. The van der Waals surface area contributed by atoms with E-state index in [2.05, 4.69) is 0 Å². The third kappa shape index (κ3) is 14.8. The van der Waals surface area contributed by atoms with Crippen LogP contribution in [-0.4, -0.2) is 36.3 Å². The molecule has 226 valence electrons. The van der Waals surface area contributed by atoms with E-state index in [4.69, 9.17) is 9.47 Å². The molecule has 0 amide bonds. The van der Waals surface area contributed by atoms with Crippen LogP contribution in [0.3, 0.4) is 0 Å². The molecular weight excluding hydrogens is 504 g/mol. The van der Waals surface area contributed by atoms with Crippen LogP contribution in [-0.2, 0) is 19.2 Å². The Morgan fingerprint density at radius 2 is 0.750 bits per heavy atom. The molecule has 0 fully saturated rings. The lowest BCUT2D eigenvalue weighted by Gasteiger charge is -2.13. The summed E-state index contributed by atoms with van der Waals surface area (Å²) in [5, 5.41) is 0. The molecule has 0 radical (unpaired) electrons. The maximum Gasteiger partial charge on any atom is 0.143 e. The van der Waals surface area contributed by atoms with E-state index in [1.165, 1.54) is 0 Å². The fourth-order valence-corrected chi connectivity index (χ4v) is 4.96.